The Bertz CT molecular complexity index is 733. The van der Waals surface area contributed by atoms with Gasteiger partial charge in [-0.25, -0.2) is 4.79 Å². The van der Waals surface area contributed by atoms with Gasteiger partial charge in [-0.3, -0.25) is 4.79 Å². The van der Waals surface area contributed by atoms with Crippen LogP contribution in [0.5, 0.6) is 0 Å². The summed E-state index contributed by atoms with van der Waals surface area (Å²) in [6.45, 7) is 6.00. The van der Waals surface area contributed by atoms with E-state index in [2.05, 4.69) is 11.4 Å². The standard InChI is InChI=1S/C20H23NO3/c1-14-5-4-6-17(13-14)20(2,3)21-18(22)12-9-15-7-10-16(11-8-15)19(23)24/h4-8,10-11,13H,9,12H2,1-3H3,(H,21,22)(H,23,24). The van der Waals surface area contributed by atoms with Crippen LogP contribution in [0.4, 0.5) is 0 Å². The molecule has 0 aliphatic heterocycles. The lowest BCUT2D eigenvalue weighted by molar-refractivity contribution is -0.122. The molecule has 2 aromatic carbocycles. The van der Waals surface area contributed by atoms with Crippen LogP contribution in [0, 0.1) is 6.92 Å². The molecule has 4 nitrogen and oxygen atoms in total. The summed E-state index contributed by atoms with van der Waals surface area (Å²) in [7, 11) is 0. The van der Waals surface area contributed by atoms with Crippen LogP contribution < -0.4 is 5.32 Å². The van der Waals surface area contributed by atoms with Gasteiger partial charge in [0.25, 0.3) is 0 Å². The zero-order valence-electron chi connectivity index (χ0n) is 14.3. The molecule has 0 fully saturated rings. The summed E-state index contributed by atoms with van der Waals surface area (Å²) in [5.74, 6) is -0.969. The van der Waals surface area contributed by atoms with Crippen molar-refractivity contribution in [2.75, 3.05) is 0 Å². The molecule has 0 saturated carbocycles. The third kappa shape index (κ3) is 4.69. The highest BCUT2D eigenvalue weighted by Gasteiger charge is 2.22. The molecule has 0 bridgehead atoms. The van der Waals surface area contributed by atoms with Gasteiger partial charge in [-0.2, -0.15) is 0 Å². The normalized spacial score (nSPS) is 11.1. The van der Waals surface area contributed by atoms with Crippen molar-refractivity contribution in [2.45, 2.75) is 39.2 Å². The maximum atomic E-state index is 12.3. The van der Waals surface area contributed by atoms with Gasteiger partial charge in [-0.15, -0.1) is 0 Å². The Morgan fingerprint density at radius 2 is 1.75 bits per heavy atom. The molecule has 0 aliphatic rings. The minimum Gasteiger partial charge on any atom is -0.478 e. The van der Waals surface area contributed by atoms with Gasteiger partial charge in [0.05, 0.1) is 11.1 Å². The Kier molecular flexibility index (Phi) is 5.39. The van der Waals surface area contributed by atoms with Crippen molar-refractivity contribution in [3.05, 3.63) is 70.8 Å². The van der Waals surface area contributed by atoms with E-state index in [0.29, 0.717) is 12.8 Å². The monoisotopic (exact) mass is 325 g/mol. The third-order valence-electron chi connectivity index (χ3n) is 4.03. The first-order valence-corrected chi connectivity index (χ1v) is 7.98. The Morgan fingerprint density at radius 3 is 2.33 bits per heavy atom. The summed E-state index contributed by atoms with van der Waals surface area (Å²) in [6, 6.07) is 14.7. The topological polar surface area (TPSA) is 66.4 Å². The van der Waals surface area contributed by atoms with E-state index < -0.39 is 11.5 Å². The smallest absolute Gasteiger partial charge is 0.335 e. The summed E-state index contributed by atoms with van der Waals surface area (Å²) in [6.07, 6.45) is 0.942. The van der Waals surface area contributed by atoms with Gasteiger partial charge < -0.3 is 10.4 Å². The van der Waals surface area contributed by atoms with Crippen molar-refractivity contribution in [1.29, 1.82) is 0 Å². The molecule has 0 saturated heterocycles. The summed E-state index contributed by atoms with van der Waals surface area (Å²) < 4.78 is 0. The van der Waals surface area contributed by atoms with Gasteiger partial charge >= 0.3 is 5.97 Å². The Labute approximate surface area is 142 Å². The molecule has 2 aromatic rings. The number of hydrogen-bond donors (Lipinski definition) is 2. The zero-order chi connectivity index (χ0) is 17.7. The van der Waals surface area contributed by atoms with Crippen molar-refractivity contribution < 1.29 is 14.7 Å². The molecule has 2 N–H and O–H groups in total. The van der Waals surface area contributed by atoms with Crippen molar-refractivity contribution >= 4 is 11.9 Å². The first-order chi connectivity index (χ1) is 11.3. The number of hydrogen-bond acceptors (Lipinski definition) is 2. The molecule has 2 rings (SSSR count). The second-order valence-corrected chi connectivity index (χ2v) is 6.54. The number of amides is 1. The number of carboxylic acids is 1. The van der Waals surface area contributed by atoms with Gasteiger partial charge in [0.1, 0.15) is 0 Å². The number of carbonyl (C=O) groups is 2. The van der Waals surface area contributed by atoms with E-state index >= 15 is 0 Å². The van der Waals surface area contributed by atoms with E-state index in [9.17, 15) is 9.59 Å². The van der Waals surface area contributed by atoms with Crippen LogP contribution in [0.1, 0.15) is 47.3 Å². The average Bonchev–Trinajstić information content (AvgIpc) is 2.53. The van der Waals surface area contributed by atoms with Gasteiger partial charge in [0, 0.05) is 6.42 Å². The first kappa shape index (κ1) is 17.7. The van der Waals surface area contributed by atoms with E-state index in [1.807, 2.05) is 39.0 Å². The number of rotatable bonds is 6. The predicted octanol–water partition coefficient (Wildman–Crippen LogP) is 3.68. The summed E-state index contributed by atoms with van der Waals surface area (Å²) >= 11 is 0. The number of carboxylic acid groups (broad SMARTS) is 1. The van der Waals surface area contributed by atoms with E-state index in [4.69, 9.17) is 5.11 Å². The van der Waals surface area contributed by atoms with Gasteiger partial charge in [-0.1, -0.05) is 42.0 Å². The highest BCUT2D eigenvalue weighted by Crippen LogP contribution is 2.21. The number of carbonyl (C=O) groups excluding carboxylic acids is 1. The molecular weight excluding hydrogens is 302 g/mol. The second kappa shape index (κ2) is 7.30. The van der Waals surface area contributed by atoms with E-state index in [1.165, 1.54) is 0 Å². The average molecular weight is 325 g/mol. The molecule has 0 aromatic heterocycles. The maximum absolute atomic E-state index is 12.3. The highest BCUT2D eigenvalue weighted by molar-refractivity contribution is 5.87. The van der Waals surface area contributed by atoms with Crippen LogP contribution in [-0.2, 0) is 16.8 Å². The Balaban J connectivity index is 1.94. The molecular formula is C20H23NO3. The fourth-order valence-corrected chi connectivity index (χ4v) is 2.59. The summed E-state index contributed by atoms with van der Waals surface area (Å²) in [5.41, 5.74) is 3.00. The van der Waals surface area contributed by atoms with Crippen LogP contribution in [0.3, 0.4) is 0 Å². The summed E-state index contributed by atoms with van der Waals surface area (Å²) in [5, 5.41) is 12.0. The molecule has 0 spiro atoms. The number of nitrogens with one attached hydrogen (secondary N) is 1. The van der Waals surface area contributed by atoms with Crippen LogP contribution in [-0.4, -0.2) is 17.0 Å². The molecule has 0 unspecified atom stereocenters. The minimum atomic E-state index is -0.945. The third-order valence-corrected chi connectivity index (χ3v) is 4.03. The van der Waals surface area contributed by atoms with Crippen molar-refractivity contribution in [1.82, 2.24) is 5.32 Å². The maximum Gasteiger partial charge on any atom is 0.335 e. The molecule has 1 amide bonds. The predicted molar refractivity (Wildman–Crippen MR) is 94.1 cm³/mol. The van der Waals surface area contributed by atoms with E-state index in [0.717, 1.165) is 16.7 Å². The fraction of sp³-hybridized carbons (Fsp3) is 0.300. The molecule has 126 valence electrons. The quantitative estimate of drug-likeness (QED) is 0.851. The van der Waals surface area contributed by atoms with Gasteiger partial charge in [-0.05, 0) is 50.5 Å². The first-order valence-electron chi connectivity index (χ1n) is 7.98. The number of aromatic carboxylic acids is 1. The number of aryl methyl sites for hydroxylation is 2. The van der Waals surface area contributed by atoms with E-state index in [-0.39, 0.29) is 11.5 Å². The molecule has 0 aliphatic carbocycles. The molecule has 0 atom stereocenters. The SMILES string of the molecule is Cc1cccc(C(C)(C)NC(=O)CCc2ccc(C(=O)O)cc2)c1. The number of benzene rings is 2. The van der Waals surface area contributed by atoms with Gasteiger partial charge in [0.2, 0.25) is 5.91 Å². The lowest BCUT2D eigenvalue weighted by Gasteiger charge is -2.27. The van der Waals surface area contributed by atoms with Crippen molar-refractivity contribution in [3.8, 4) is 0 Å². The molecule has 24 heavy (non-hydrogen) atoms. The van der Waals surface area contributed by atoms with Crippen LogP contribution in [0.2, 0.25) is 0 Å². The Hall–Kier alpha value is -2.62. The molecule has 0 radical (unpaired) electrons. The molecule has 4 heteroatoms. The van der Waals surface area contributed by atoms with Crippen LogP contribution in [0.25, 0.3) is 0 Å². The zero-order valence-corrected chi connectivity index (χ0v) is 14.3. The second-order valence-electron chi connectivity index (χ2n) is 6.54. The Morgan fingerprint density at radius 1 is 1.08 bits per heavy atom. The lowest BCUT2D eigenvalue weighted by Crippen LogP contribution is -2.41. The minimum absolute atomic E-state index is 0.0242. The largest absolute Gasteiger partial charge is 0.478 e. The van der Waals surface area contributed by atoms with Crippen molar-refractivity contribution in [2.24, 2.45) is 0 Å². The molecule has 0 heterocycles. The van der Waals surface area contributed by atoms with Crippen molar-refractivity contribution in [3.63, 3.8) is 0 Å². The lowest BCUT2D eigenvalue weighted by atomic mass is 9.92. The fourth-order valence-electron chi connectivity index (χ4n) is 2.59. The van der Waals surface area contributed by atoms with Crippen LogP contribution >= 0.6 is 0 Å². The summed E-state index contributed by atoms with van der Waals surface area (Å²) in [4.78, 5) is 23.1. The highest BCUT2D eigenvalue weighted by atomic mass is 16.4. The van der Waals surface area contributed by atoms with Crippen LogP contribution in [0.15, 0.2) is 48.5 Å². The van der Waals surface area contributed by atoms with E-state index in [1.54, 1.807) is 24.3 Å². The van der Waals surface area contributed by atoms with Gasteiger partial charge in [0.15, 0.2) is 0 Å².